The molecule has 2 nitrogen and oxygen atoms in total. The Morgan fingerprint density at radius 1 is 0.356 bits per heavy atom. The molecule has 0 spiro atoms. The van der Waals surface area contributed by atoms with Gasteiger partial charge in [-0.25, -0.2) is 0 Å². The van der Waals surface area contributed by atoms with Crippen molar-refractivity contribution in [3.8, 4) is 33.4 Å². The van der Waals surface area contributed by atoms with Crippen LogP contribution in [0.25, 0.3) is 97.0 Å². The van der Waals surface area contributed by atoms with Gasteiger partial charge in [0.15, 0.2) is 0 Å². The number of nitrogens with zero attached hydrogens (tertiary/aromatic N) is 1. The molecule has 276 valence electrons. The van der Waals surface area contributed by atoms with Gasteiger partial charge in [-0.3, -0.25) is 0 Å². The molecule has 0 atom stereocenters. The van der Waals surface area contributed by atoms with Gasteiger partial charge >= 0.3 is 0 Å². The molecular weight excluding hydrogens is 735 g/mol. The van der Waals surface area contributed by atoms with E-state index in [9.17, 15) is 0 Å². The van der Waals surface area contributed by atoms with Crippen molar-refractivity contribution in [2.45, 2.75) is 0 Å². The first kappa shape index (κ1) is 33.7. The van der Waals surface area contributed by atoms with Crippen LogP contribution in [0.3, 0.4) is 0 Å². The molecule has 0 unspecified atom stereocenters. The van der Waals surface area contributed by atoms with Gasteiger partial charge in [0.05, 0.1) is 21.5 Å². The van der Waals surface area contributed by atoms with Gasteiger partial charge in [-0.15, -0.1) is 11.3 Å². The van der Waals surface area contributed by atoms with Crippen LogP contribution in [0.4, 0.5) is 17.1 Å². The first-order valence-electron chi connectivity index (χ1n) is 20.1. The van der Waals surface area contributed by atoms with Gasteiger partial charge in [0.25, 0.3) is 0 Å². The molecule has 0 saturated heterocycles. The van der Waals surface area contributed by atoms with Crippen LogP contribution in [0.15, 0.2) is 217 Å². The Labute approximate surface area is 345 Å². The van der Waals surface area contributed by atoms with Gasteiger partial charge in [-0.2, -0.15) is 0 Å². The molecule has 59 heavy (non-hydrogen) atoms. The quantitative estimate of drug-likeness (QED) is 0.167. The maximum Gasteiger partial charge on any atom is 0.145 e. The summed E-state index contributed by atoms with van der Waals surface area (Å²) in [6.07, 6.45) is 0. The summed E-state index contributed by atoms with van der Waals surface area (Å²) < 4.78 is 9.43. The van der Waals surface area contributed by atoms with E-state index in [2.05, 4.69) is 217 Å². The number of hydrogen-bond acceptors (Lipinski definition) is 3. The number of thiophene rings is 1. The standard InChI is InChI=1S/C56H35NOS/c1-2-14-39(15-3-1)46-19-10-20-47-48-21-11-22-51(56(48)59-55(46)47)57(44-30-28-38(29-31-44)42-26-24-36-12-4-6-16-40(36)34-42)50-33-32-45(43-27-25-37-13-5-7-17-41(37)35-43)54-53(50)49-18-8-9-23-52(49)58-54/h1-35H. The highest BCUT2D eigenvalue weighted by atomic mass is 32.1. The minimum absolute atomic E-state index is 0.871. The van der Waals surface area contributed by atoms with Gasteiger partial charge in [0.2, 0.25) is 0 Å². The van der Waals surface area contributed by atoms with Crippen molar-refractivity contribution >= 4 is 92.1 Å². The molecule has 0 saturated carbocycles. The highest BCUT2D eigenvalue weighted by Crippen LogP contribution is 2.51. The zero-order chi connectivity index (χ0) is 38.9. The molecule has 12 aromatic rings. The second-order valence-corrected chi connectivity index (χ2v) is 16.3. The summed E-state index contributed by atoms with van der Waals surface area (Å²) in [6.45, 7) is 0. The predicted molar refractivity (Wildman–Crippen MR) is 253 cm³/mol. The SMILES string of the molecule is c1ccc(-c2cccc3c2sc2c(N(c4ccc(-c5ccc6ccccc6c5)cc4)c4ccc(-c5ccc6ccccc6c5)c5oc6ccccc6c45)cccc23)cc1. The van der Waals surface area contributed by atoms with Gasteiger partial charge in [0.1, 0.15) is 11.2 Å². The average molecular weight is 770 g/mol. The molecule has 0 radical (unpaired) electrons. The minimum atomic E-state index is 0.871. The van der Waals surface area contributed by atoms with Crippen molar-refractivity contribution in [2.24, 2.45) is 0 Å². The first-order valence-corrected chi connectivity index (χ1v) is 20.9. The topological polar surface area (TPSA) is 16.4 Å². The Balaban J connectivity index is 1.11. The van der Waals surface area contributed by atoms with E-state index >= 15 is 0 Å². The van der Waals surface area contributed by atoms with Crippen molar-refractivity contribution in [2.75, 3.05) is 4.90 Å². The molecule has 0 fully saturated rings. The van der Waals surface area contributed by atoms with Crippen LogP contribution in [-0.4, -0.2) is 0 Å². The summed E-state index contributed by atoms with van der Waals surface area (Å²) in [4.78, 5) is 2.46. The Bertz CT molecular complexity index is 3560. The van der Waals surface area contributed by atoms with E-state index in [-0.39, 0.29) is 0 Å². The highest BCUT2D eigenvalue weighted by molar-refractivity contribution is 7.27. The lowest BCUT2D eigenvalue weighted by atomic mass is 9.97. The summed E-state index contributed by atoms with van der Waals surface area (Å²) >= 11 is 1.88. The number of anilines is 3. The van der Waals surface area contributed by atoms with E-state index in [1.54, 1.807) is 0 Å². The third kappa shape index (κ3) is 5.55. The van der Waals surface area contributed by atoms with E-state index in [4.69, 9.17) is 4.42 Å². The van der Waals surface area contributed by atoms with Gasteiger partial charge in [-0.1, -0.05) is 164 Å². The van der Waals surface area contributed by atoms with E-state index in [1.165, 1.54) is 64.0 Å². The molecule has 0 N–H and O–H groups in total. The molecule has 0 amide bonds. The largest absolute Gasteiger partial charge is 0.455 e. The first-order chi connectivity index (χ1) is 29.2. The predicted octanol–water partition coefficient (Wildman–Crippen LogP) is 16.7. The third-order valence-corrected chi connectivity index (χ3v) is 13.1. The van der Waals surface area contributed by atoms with Crippen molar-refractivity contribution in [1.82, 2.24) is 0 Å². The lowest BCUT2D eigenvalue weighted by molar-refractivity contribution is 0.670. The fourth-order valence-corrected chi connectivity index (χ4v) is 10.3. The van der Waals surface area contributed by atoms with Crippen LogP contribution >= 0.6 is 11.3 Å². The van der Waals surface area contributed by atoms with Crippen molar-refractivity contribution < 1.29 is 4.42 Å². The molecule has 10 aromatic carbocycles. The van der Waals surface area contributed by atoms with Crippen LogP contribution in [0.5, 0.6) is 0 Å². The summed E-state index contributed by atoms with van der Waals surface area (Å²) in [6, 6.07) is 76.9. The second kappa shape index (κ2) is 13.6. The van der Waals surface area contributed by atoms with E-state index in [0.29, 0.717) is 0 Å². The molecular formula is C56H35NOS. The van der Waals surface area contributed by atoms with Crippen LogP contribution in [0, 0.1) is 0 Å². The maximum absolute atomic E-state index is 6.90. The molecule has 12 rings (SSSR count). The van der Waals surface area contributed by atoms with E-state index < -0.39 is 0 Å². The molecule has 0 bridgehead atoms. The average Bonchev–Trinajstić information content (AvgIpc) is 3.89. The normalized spacial score (nSPS) is 11.7. The minimum Gasteiger partial charge on any atom is -0.455 e. The molecule has 0 aliphatic carbocycles. The van der Waals surface area contributed by atoms with Crippen LogP contribution in [0.2, 0.25) is 0 Å². The number of para-hydroxylation sites is 1. The van der Waals surface area contributed by atoms with Crippen LogP contribution < -0.4 is 4.90 Å². The fourth-order valence-electron chi connectivity index (χ4n) is 8.99. The highest BCUT2D eigenvalue weighted by Gasteiger charge is 2.25. The summed E-state index contributed by atoms with van der Waals surface area (Å²) in [5, 5.41) is 9.61. The van der Waals surface area contributed by atoms with Gasteiger partial charge < -0.3 is 9.32 Å². The molecule has 2 aromatic heterocycles. The molecule has 2 heterocycles. The Morgan fingerprint density at radius 2 is 0.966 bits per heavy atom. The van der Waals surface area contributed by atoms with Gasteiger partial charge in [0, 0.05) is 32.1 Å². The molecule has 0 aliphatic rings. The van der Waals surface area contributed by atoms with Crippen molar-refractivity contribution in [3.05, 3.63) is 212 Å². The van der Waals surface area contributed by atoms with Crippen LogP contribution in [0.1, 0.15) is 0 Å². The smallest absolute Gasteiger partial charge is 0.145 e. The van der Waals surface area contributed by atoms with Gasteiger partial charge in [-0.05, 0) is 97.9 Å². The number of furan rings is 1. The van der Waals surface area contributed by atoms with E-state index in [0.717, 1.165) is 50.1 Å². The number of hydrogen-bond donors (Lipinski definition) is 0. The van der Waals surface area contributed by atoms with Crippen LogP contribution in [-0.2, 0) is 0 Å². The number of fused-ring (bicyclic) bond motifs is 8. The number of benzene rings is 10. The monoisotopic (exact) mass is 769 g/mol. The maximum atomic E-state index is 6.90. The molecule has 0 aliphatic heterocycles. The zero-order valence-electron chi connectivity index (χ0n) is 32.0. The van der Waals surface area contributed by atoms with E-state index in [1.807, 2.05) is 11.3 Å². The molecule has 3 heteroatoms. The summed E-state index contributed by atoms with van der Waals surface area (Å²) in [7, 11) is 0. The summed E-state index contributed by atoms with van der Waals surface area (Å²) in [5.74, 6) is 0. The van der Waals surface area contributed by atoms with Crippen molar-refractivity contribution in [3.63, 3.8) is 0 Å². The zero-order valence-corrected chi connectivity index (χ0v) is 32.8. The Kier molecular flexibility index (Phi) is 7.75. The van der Waals surface area contributed by atoms with Crippen molar-refractivity contribution in [1.29, 1.82) is 0 Å². The summed E-state index contributed by atoms with van der Waals surface area (Å²) in [5.41, 5.74) is 12.1. The number of rotatable bonds is 6. The fraction of sp³-hybridized carbons (Fsp3) is 0. The Morgan fingerprint density at radius 3 is 1.75 bits per heavy atom. The lowest BCUT2D eigenvalue weighted by Crippen LogP contribution is -2.10. The lowest BCUT2D eigenvalue weighted by Gasteiger charge is -2.27. The Hall–Kier alpha value is -7.46. The third-order valence-electron chi connectivity index (χ3n) is 11.8. The second-order valence-electron chi connectivity index (χ2n) is 15.2.